The molecule has 32 heavy (non-hydrogen) atoms. The van der Waals surface area contributed by atoms with E-state index in [2.05, 4.69) is 25.9 Å². The molecule has 0 bridgehead atoms. The molecule has 1 aromatic heterocycles. The van der Waals surface area contributed by atoms with Gasteiger partial charge in [0, 0.05) is 24.9 Å². The van der Waals surface area contributed by atoms with E-state index in [1.54, 1.807) is 43.3 Å². The van der Waals surface area contributed by atoms with E-state index < -0.39 is 17.6 Å². The topological polar surface area (TPSA) is 88.2 Å². The number of rotatable bonds is 6. The molecule has 0 atom stereocenters. The second kappa shape index (κ2) is 9.13. The first-order valence-electron chi connectivity index (χ1n) is 9.58. The van der Waals surface area contributed by atoms with Gasteiger partial charge in [-0.05, 0) is 43.2 Å². The van der Waals surface area contributed by atoms with Gasteiger partial charge < -0.3 is 20.7 Å². The van der Waals surface area contributed by atoms with Crippen LogP contribution < -0.4 is 20.7 Å². The molecule has 10 heteroatoms. The van der Waals surface area contributed by atoms with Crippen LogP contribution in [0.25, 0.3) is 0 Å². The lowest BCUT2D eigenvalue weighted by Crippen LogP contribution is -2.14. The van der Waals surface area contributed by atoms with Crippen molar-refractivity contribution >= 4 is 34.7 Å². The van der Waals surface area contributed by atoms with Crippen molar-refractivity contribution in [2.24, 2.45) is 0 Å². The molecular weight excluding hydrogens is 423 g/mol. The highest BCUT2D eigenvalue weighted by Gasteiger charge is 2.35. The maximum absolute atomic E-state index is 13.6. The number of hydrogen-bond donors (Lipinski definition) is 3. The molecule has 168 valence electrons. The van der Waals surface area contributed by atoms with E-state index in [0.717, 1.165) is 11.1 Å². The lowest BCUT2D eigenvalue weighted by Gasteiger charge is -2.18. The van der Waals surface area contributed by atoms with Crippen LogP contribution in [0.4, 0.5) is 42.0 Å². The van der Waals surface area contributed by atoms with Gasteiger partial charge in [-0.15, -0.1) is 0 Å². The molecule has 0 unspecified atom stereocenters. The van der Waals surface area contributed by atoms with Crippen LogP contribution in [-0.4, -0.2) is 23.0 Å². The molecule has 0 radical (unpaired) electrons. The number of aryl methyl sites for hydroxylation is 2. The number of alkyl halides is 3. The molecule has 3 N–H and O–H groups in total. The molecule has 1 heterocycles. The molecule has 0 aliphatic carbocycles. The van der Waals surface area contributed by atoms with E-state index in [1.807, 2.05) is 6.92 Å². The summed E-state index contributed by atoms with van der Waals surface area (Å²) in [5, 5.41) is 8.23. The van der Waals surface area contributed by atoms with Crippen LogP contribution in [0, 0.1) is 13.8 Å². The molecule has 1 amide bonds. The summed E-state index contributed by atoms with van der Waals surface area (Å²) in [4.78, 5) is 19.4. The van der Waals surface area contributed by atoms with Crippen LogP contribution in [0.1, 0.15) is 23.6 Å². The predicted octanol–water partition coefficient (Wildman–Crippen LogP) is 5.57. The number of nitrogens with one attached hydrogen (secondary N) is 3. The summed E-state index contributed by atoms with van der Waals surface area (Å²) in [6.45, 7) is 4.95. The summed E-state index contributed by atoms with van der Waals surface area (Å²) >= 11 is 0. The van der Waals surface area contributed by atoms with Gasteiger partial charge in [-0.1, -0.05) is 12.1 Å². The van der Waals surface area contributed by atoms with Crippen molar-refractivity contribution in [3.05, 3.63) is 59.3 Å². The minimum atomic E-state index is -4.69. The quantitative estimate of drug-likeness (QED) is 0.460. The summed E-state index contributed by atoms with van der Waals surface area (Å²) in [5.41, 5.74) is 1.80. The lowest BCUT2D eigenvalue weighted by molar-refractivity contribution is -0.137. The largest absolute Gasteiger partial charge is 0.497 e. The second-order valence-electron chi connectivity index (χ2n) is 7.11. The number of aromatic nitrogens is 2. The molecule has 0 saturated heterocycles. The van der Waals surface area contributed by atoms with Crippen LogP contribution in [-0.2, 0) is 11.0 Å². The van der Waals surface area contributed by atoms with Gasteiger partial charge in [0.15, 0.2) is 0 Å². The zero-order chi connectivity index (χ0) is 23.5. The summed E-state index contributed by atoms with van der Waals surface area (Å²) in [7, 11) is 1.51. The molecule has 3 rings (SSSR count). The molecule has 0 saturated carbocycles. The first-order chi connectivity index (χ1) is 15.1. The molecule has 0 spiro atoms. The summed E-state index contributed by atoms with van der Waals surface area (Å²) in [6.07, 6.45) is -3.98. The Kier molecular flexibility index (Phi) is 6.52. The first-order valence-corrected chi connectivity index (χ1v) is 9.58. The van der Waals surface area contributed by atoms with E-state index in [0.29, 0.717) is 23.3 Å². The number of carbonyl (C=O) groups is 1. The second-order valence-corrected chi connectivity index (χ2v) is 7.11. The zero-order valence-corrected chi connectivity index (χ0v) is 17.9. The van der Waals surface area contributed by atoms with Crippen molar-refractivity contribution in [1.82, 2.24) is 9.97 Å². The lowest BCUT2D eigenvalue weighted by atomic mass is 10.1. The van der Waals surface area contributed by atoms with Crippen LogP contribution in [0.3, 0.4) is 0 Å². The Balaban J connectivity index is 2.02. The number of carbonyl (C=O) groups excluding carboxylic acids is 1. The molecule has 0 aliphatic heterocycles. The number of nitrogens with zero attached hydrogens (tertiary/aromatic N) is 2. The van der Waals surface area contributed by atoms with Crippen LogP contribution in [0.5, 0.6) is 5.75 Å². The number of anilines is 5. The third kappa shape index (κ3) is 5.45. The van der Waals surface area contributed by atoms with Crippen molar-refractivity contribution < 1.29 is 22.7 Å². The van der Waals surface area contributed by atoms with Gasteiger partial charge in [0.1, 0.15) is 17.1 Å². The maximum Gasteiger partial charge on any atom is 0.421 e. The van der Waals surface area contributed by atoms with E-state index >= 15 is 0 Å². The average Bonchev–Trinajstić information content (AvgIpc) is 2.70. The Morgan fingerprint density at radius 1 is 1.00 bits per heavy atom. The Labute approximate surface area is 183 Å². The molecule has 2 aromatic carbocycles. The maximum atomic E-state index is 13.6. The Bertz CT molecular complexity index is 1150. The standard InChI is InChI=1S/C22H22F3N5O2/c1-12-5-8-17(19(9-12)27-14(3)31)28-20-16(22(23,24)25)11-26-21(30-20)29-18-10-15(32-4)7-6-13(18)2/h5-11H,1-4H3,(H,27,31)(H2,26,28,29,30). The minimum absolute atomic E-state index is 0.0370. The van der Waals surface area contributed by atoms with Crippen molar-refractivity contribution in [2.45, 2.75) is 26.9 Å². The van der Waals surface area contributed by atoms with E-state index in [4.69, 9.17) is 4.74 Å². The van der Waals surface area contributed by atoms with Crippen LogP contribution in [0.2, 0.25) is 0 Å². The Morgan fingerprint density at radius 3 is 2.41 bits per heavy atom. The highest BCUT2D eigenvalue weighted by molar-refractivity contribution is 5.93. The summed E-state index contributed by atoms with van der Waals surface area (Å²) in [6, 6.07) is 10.2. The van der Waals surface area contributed by atoms with Crippen LogP contribution in [0.15, 0.2) is 42.6 Å². The van der Waals surface area contributed by atoms with E-state index in [-0.39, 0.29) is 17.5 Å². The molecule has 0 fully saturated rings. The number of halogens is 3. The summed E-state index contributed by atoms with van der Waals surface area (Å²) < 4.78 is 46.1. The van der Waals surface area contributed by atoms with Gasteiger partial charge in [-0.2, -0.15) is 18.2 Å². The van der Waals surface area contributed by atoms with Crippen molar-refractivity contribution in [3.63, 3.8) is 0 Å². The van der Waals surface area contributed by atoms with Crippen LogP contribution >= 0.6 is 0 Å². The average molecular weight is 445 g/mol. The highest BCUT2D eigenvalue weighted by Crippen LogP contribution is 2.37. The Morgan fingerprint density at radius 2 is 1.75 bits per heavy atom. The fraction of sp³-hybridized carbons (Fsp3) is 0.227. The number of amides is 1. The Hall–Kier alpha value is -3.82. The SMILES string of the molecule is COc1ccc(C)c(Nc2ncc(C(F)(F)F)c(Nc3ccc(C)cc3NC(C)=O)n2)c1. The first kappa shape index (κ1) is 22.9. The van der Waals surface area contributed by atoms with Crippen molar-refractivity contribution in [3.8, 4) is 5.75 Å². The van der Waals surface area contributed by atoms with Gasteiger partial charge in [-0.25, -0.2) is 4.98 Å². The van der Waals surface area contributed by atoms with Gasteiger partial charge >= 0.3 is 6.18 Å². The minimum Gasteiger partial charge on any atom is -0.497 e. The van der Waals surface area contributed by atoms with Gasteiger partial charge in [0.2, 0.25) is 11.9 Å². The third-order valence-corrected chi connectivity index (χ3v) is 4.52. The molecule has 0 aliphatic rings. The third-order valence-electron chi connectivity index (χ3n) is 4.52. The van der Waals surface area contributed by atoms with Crippen molar-refractivity contribution in [2.75, 3.05) is 23.1 Å². The molecule has 3 aromatic rings. The highest BCUT2D eigenvalue weighted by atomic mass is 19.4. The number of ether oxygens (including phenoxy) is 1. The zero-order valence-electron chi connectivity index (χ0n) is 17.9. The summed E-state index contributed by atoms with van der Waals surface area (Å²) in [5.74, 6) is -0.271. The van der Waals surface area contributed by atoms with Crippen molar-refractivity contribution in [1.29, 1.82) is 0 Å². The van der Waals surface area contributed by atoms with Gasteiger partial charge in [0.05, 0.1) is 18.5 Å². The predicted molar refractivity (Wildman–Crippen MR) is 117 cm³/mol. The van der Waals surface area contributed by atoms with E-state index in [9.17, 15) is 18.0 Å². The number of benzene rings is 2. The normalized spacial score (nSPS) is 11.1. The fourth-order valence-electron chi connectivity index (χ4n) is 2.92. The smallest absolute Gasteiger partial charge is 0.421 e. The van der Waals surface area contributed by atoms with E-state index in [1.165, 1.54) is 14.0 Å². The fourth-order valence-corrected chi connectivity index (χ4v) is 2.92. The molecule has 7 nitrogen and oxygen atoms in total. The molecular formula is C22H22F3N5O2. The monoisotopic (exact) mass is 445 g/mol. The van der Waals surface area contributed by atoms with Gasteiger partial charge in [-0.3, -0.25) is 4.79 Å². The number of hydrogen-bond acceptors (Lipinski definition) is 6. The number of methoxy groups -OCH3 is 1. The van der Waals surface area contributed by atoms with Gasteiger partial charge in [0.25, 0.3) is 0 Å².